The highest BCUT2D eigenvalue weighted by molar-refractivity contribution is 7.85. The Kier molecular flexibility index (Phi) is 8.84. The maximum absolute atomic E-state index is 13.7. The average molecular weight is 567 g/mol. The molecule has 0 N–H and O–H groups in total. The molecule has 38 heavy (non-hydrogen) atoms. The lowest BCUT2D eigenvalue weighted by Gasteiger charge is -2.42. The molecule has 2 aromatic rings. The quantitative estimate of drug-likeness (QED) is 0.360. The summed E-state index contributed by atoms with van der Waals surface area (Å²) in [6, 6.07) is 5.74. The van der Waals surface area contributed by atoms with Gasteiger partial charge in [-0.15, -0.1) is 0 Å². The normalized spacial score (nSPS) is 17.6. The minimum Gasteiger partial charge on any atom is -0.333 e. The molecule has 0 aromatic heterocycles. The van der Waals surface area contributed by atoms with Crippen LogP contribution in [0.2, 0.25) is 0 Å². The molecule has 13 heteroatoms. The first kappa shape index (κ1) is 29.9. The summed E-state index contributed by atoms with van der Waals surface area (Å²) in [6.07, 6.45) is -8.84. The van der Waals surface area contributed by atoms with Crippen molar-refractivity contribution >= 4 is 16.0 Å². The van der Waals surface area contributed by atoms with Gasteiger partial charge < -0.3 is 4.90 Å². The fourth-order valence-corrected chi connectivity index (χ4v) is 4.76. The first-order chi connectivity index (χ1) is 17.5. The van der Waals surface area contributed by atoms with Crippen molar-refractivity contribution in [3.05, 3.63) is 69.8 Å². The molecule has 3 rings (SSSR count). The summed E-state index contributed by atoms with van der Waals surface area (Å²) in [4.78, 5) is 16.4. The van der Waals surface area contributed by atoms with Gasteiger partial charge in [-0.25, -0.2) is 0 Å². The zero-order valence-corrected chi connectivity index (χ0v) is 21.8. The number of piperazine rings is 1. The maximum Gasteiger partial charge on any atom is 0.417 e. The van der Waals surface area contributed by atoms with Crippen molar-refractivity contribution in [2.24, 2.45) is 0 Å². The monoisotopic (exact) mass is 566 g/mol. The number of nitrogens with zero attached hydrogens (tertiary/aromatic N) is 2. The van der Waals surface area contributed by atoms with E-state index in [0.29, 0.717) is 6.07 Å². The van der Waals surface area contributed by atoms with Crippen LogP contribution in [0, 0.1) is 13.8 Å². The fraction of sp³-hybridized carbons (Fsp3) is 0.480. The second-order valence-corrected chi connectivity index (χ2v) is 11.0. The van der Waals surface area contributed by atoms with Gasteiger partial charge in [-0.3, -0.25) is 13.9 Å². The molecular weight excluding hydrogens is 538 g/mol. The Morgan fingerprint density at radius 3 is 2.24 bits per heavy atom. The first-order valence-corrected chi connectivity index (χ1v) is 13.5. The molecule has 2 aromatic carbocycles. The Hall–Kier alpha value is -2.64. The van der Waals surface area contributed by atoms with Crippen LogP contribution in [0.4, 0.5) is 26.3 Å². The predicted octanol–water partition coefficient (Wildman–Crippen LogP) is 4.69. The largest absolute Gasteiger partial charge is 0.417 e. The number of benzene rings is 2. The van der Waals surface area contributed by atoms with Gasteiger partial charge in [-0.1, -0.05) is 18.2 Å². The van der Waals surface area contributed by atoms with Gasteiger partial charge >= 0.3 is 12.4 Å². The van der Waals surface area contributed by atoms with Crippen molar-refractivity contribution in [3.8, 4) is 0 Å². The van der Waals surface area contributed by atoms with E-state index in [1.807, 2.05) is 32.0 Å². The van der Waals surface area contributed by atoms with Crippen molar-refractivity contribution in [2.45, 2.75) is 38.7 Å². The lowest BCUT2D eigenvalue weighted by molar-refractivity contribution is -0.141. The van der Waals surface area contributed by atoms with Crippen molar-refractivity contribution in [1.82, 2.24) is 9.80 Å². The molecule has 1 aliphatic heterocycles. The topological polar surface area (TPSA) is 66.9 Å². The van der Waals surface area contributed by atoms with Crippen LogP contribution in [0.25, 0.3) is 0 Å². The number of alkyl halides is 6. The van der Waals surface area contributed by atoms with E-state index in [2.05, 4.69) is 0 Å². The van der Waals surface area contributed by atoms with E-state index >= 15 is 0 Å². The number of aryl methyl sites for hydroxylation is 2. The predicted molar refractivity (Wildman–Crippen MR) is 128 cm³/mol. The highest BCUT2D eigenvalue weighted by Gasteiger charge is 2.41. The molecule has 0 unspecified atom stereocenters. The molecule has 1 heterocycles. The molecule has 1 amide bonds. The number of rotatable bonds is 7. The molecule has 0 bridgehead atoms. The molecule has 1 atom stereocenters. The lowest BCUT2D eigenvalue weighted by atomic mass is 9.96. The molecule has 210 valence electrons. The number of carbonyl (C=O) groups excluding carboxylic acids is 1. The van der Waals surface area contributed by atoms with Gasteiger partial charge in [0.05, 0.1) is 29.6 Å². The van der Waals surface area contributed by atoms with Gasteiger partial charge in [-0.2, -0.15) is 34.8 Å². The van der Waals surface area contributed by atoms with Gasteiger partial charge in [0, 0.05) is 32.2 Å². The molecule has 0 spiro atoms. The molecular formula is C25H28F6N2O4S. The van der Waals surface area contributed by atoms with Crippen LogP contribution < -0.4 is 0 Å². The van der Waals surface area contributed by atoms with Crippen molar-refractivity contribution < 1.29 is 43.7 Å². The zero-order chi connectivity index (χ0) is 28.5. The lowest BCUT2D eigenvalue weighted by Crippen LogP contribution is -2.56. The second kappa shape index (κ2) is 11.2. The Morgan fingerprint density at radius 2 is 1.66 bits per heavy atom. The number of carbonyl (C=O) groups is 1. The van der Waals surface area contributed by atoms with Crippen LogP contribution in [0.5, 0.6) is 0 Å². The van der Waals surface area contributed by atoms with E-state index in [4.69, 9.17) is 4.18 Å². The van der Waals surface area contributed by atoms with Gasteiger partial charge in [0.1, 0.15) is 0 Å². The van der Waals surface area contributed by atoms with E-state index in [1.54, 1.807) is 4.90 Å². The third-order valence-corrected chi connectivity index (χ3v) is 7.05. The molecule has 1 aliphatic rings. The average Bonchev–Trinajstić information content (AvgIpc) is 2.79. The van der Waals surface area contributed by atoms with E-state index in [0.717, 1.165) is 22.9 Å². The summed E-state index contributed by atoms with van der Waals surface area (Å²) in [5, 5.41) is 0. The van der Waals surface area contributed by atoms with E-state index < -0.39 is 51.1 Å². The van der Waals surface area contributed by atoms with Gasteiger partial charge in [-0.05, 0) is 55.2 Å². The second-order valence-electron chi connectivity index (χ2n) is 9.36. The Bertz CT molecular complexity index is 1280. The standard InChI is InChI=1S/C25H28F6N2O4S/c1-16-4-5-18(12-17(16)2)13-20-15-32(10-11-37-38(3,35)36)8-9-33(20)23(34)21-14-19(24(26,27)28)6-7-22(21)25(29,30)31/h4-7,12,14,20H,8-11,13,15H2,1-3H3/t20-/m1/s1. The third-order valence-electron chi connectivity index (χ3n) is 6.46. The molecule has 1 saturated heterocycles. The summed E-state index contributed by atoms with van der Waals surface area (Å²) in [5.74, 6) is -1.15. The van der Waals surface area contributed by atoms with Crippen LogP contribution in [-0.2, 0) is 33.1 Å². The zero-order valence-electron chi connectivity index (χ0n) is 21.0. The minimum atomic E-state index is -5.04. The van der Waals surface area contributed by atoms with Crippen molar-refractivity contribution in [2.75, 3.05) is 39.0 Å². The molecule has 6 nitrogen and oxygen atoms in total. The molecule has 0 aliphatic carbocycles. The smallest absolute Gasteiger partial charge is 0.333 e. The highest BCUT2D eigenvalue weighted by Crippen LogP contribution is 2.37. The Labute approximate surface area is 217 Å². The first-order valence-electron chi connectivity index (χ1n) is 11.7. The highest BCUT2D eigenvalue weighted by atomic mass is 32.2. The summed E-state index contributed by atoms with van der Waals surface area (Å²) >= 11 is 0. The van der Waals surface area contributed by atoms with Crippen molar-refractivity contribution in [3.63, 3.8) is 0 Å². The summed E-state index contributed by atoms with van der Waals surface area (Å²) in [5.41, 5.74) is -1.08. The van der Waals surface area contributed by atoms with Crippen LogP contribution in [0.15, 0.2) is 36.4 Å². The minimum absolute atomic E-state index is 0.0687. The van der Waals surface area contributed by atoms with Crippen LogP contribution in [0.1, 0.15) is 38.2 Å². The van der Waals surface area contributed by atoms with Crippen LogP contribution in [0.3, 0.4) is 0 Å². The number of halogens is 6. The number of hydrogen-bond acceptors (Lipinski definition) is 5. The van der Waals surface area contributed by atoms with E-state index in [1.165, 1.54) is 4.90 Å². The van der Waals surface area contributed by atoms with Gasteiger partial charge in [0.2, 0.25) is 0 Å². The summed E-state index contributed by atoms with van der Waals surface area (Å²) in [7, 11) is -3.68. The third kappa shape index (κ3) is 7.70. The maximum atomic E-state index is 13.7. The number of hydrogen-bond donors (Lipinski definition) is 0. The Balaban J connectivity index is 1.96. The van der Waals surface area contributed by atoms with Crippen molar-refractivity contribution in [1.29, 1.82) is 0 Å². The summed E-state index contributed by atoms with van der Waals surface area (Å²) in [6.45, 7) is 4.07. The van der Waals surface area contributed by atoms with Gasteiger partial charge in [0.15, 0.2) is 0 Å². The number of amides is 1. The van der Waals surface area contributed by atoms with Crippen LogP contribution >= 0.6 is 0 Å². The SMILES string of the molecule is Cc1ccc(C[C@@H]2CN(CCOS(C)(=O)=O)CCN2C(=O)c2cc(C(F)(F)F)ccc2C(F)(F)F)cc1C. The van der Waals surface area contributed by atoms with Gasteiger partial charge in [0.25, 0.3) is 16.0 Å². The van der Waals surface area contributed by atoms with E-state index in [-0.39, 0.29) is 51.3 Å². The fourth-order valence-electron chi connectivity index (χ4n) is 4.38. The van der Waals surface area contributed by atoms with E-state index in [9.17, 15) is 39.6 Å². The van der Waals surface area contributed by atoms with Crippen LogP contribution in [-0.4, -0.2) is 69.2 Å². The molecule has 0 saturated carbocycles. The Morgan fingerprint density at radius 1 is 0.974 bits per heavy atom. The molecule has 0 radical (unpaired) electrons. The molecule has 1 fully saturated rings. The summed E-state index contributed by atoms with van der Waals surface area (Å²) < 4.78 is 108.